The van der Waals surface area contributed by atoms with Gasteiger partial charge < -0.3 is 9.80 Å². The van der Waals surface area contributed by atoms with Crippen molar-refractivity contribution in [2.45, 2.75) is 31.6 Å². The molecule has 0 fully saturated rings. The predicted octanol–water partition coefficient (Wildman–Crippen LogP) is 17.0. The molecule has 0 spiro atoms. The summed E-state index contributed by atoms with van der Waals surface area (Å²) in [6, 6.07) is 81.6. The summed E-state index contributed by atoms with van der Waals surface area (Å²) in [5, 5.41) is 2.52. The van der Waals surface area contributed by atoms with Crippen LogP contribution >= 0.6 is 0 Å². The smallest absolute Gasteiger partial charge is 0.0462 e. The molecule has 0 amide bonds. The fourth-order valence-electron chi connectivity index (χ4n) is 9.97. The monoisotopic (exact) mass is 834 g/mol. The van der Waals surface area contributed by atoms with Crippen LogP contribution in [0.25, 0.3) is 38.6 Å². The number of anilines is 5. The summed E-state index contributed by atoms with van der Waals surface area (Å²) in [7, 11) is 0. The van der Waals surface area contributed by atoms with Crippen LogP contribution < -0.4 is 9.80 Å². The van der Waals surface area contributed by atoms with E-state index in [1.165, 1.54) is 66.6 Å². The average molecular weight is 835 g/mol. The van der Waals surface area contributed by atoms with Gasteiger partial charge in [-0.05, 0) is 147 Å². The molecule has 2 heteroatoms. The maximum atomic E-state index is 2.42. The van der Waals surface area contributed by atoms with Crippen LogP contribution in [-0.4, -0.2) is 0 Å². The van der Waals surface area contributed by atoms with Gasteiger partial charge in [0.25, 0.3) is 0 Å². The molecule has 0 aliphatic heterocycles. The second-order valence-corrected chi connectivity index (χ2v) is 17.5. The van der Waals surface area contributed by atoms with Crippen LogP contribution in [0.15, 0.2) is 254 Å². The summed E-state index contributed by atoms with van der Waals surface area (Å²) < 4.78 is 0. The predicted molar refractivity (Wildman–Crippen MR) is 276 cm³/mol. The first-order valence-electron chi connectivity index (χ1n) is 22.9. The first-order valence-corrected chi connectivity index (χ1v) is 22.9. The Labute approximate surface area is 383 Å². The van der Waals surface area contributed by atoms with Crippen LogP contribution in [0.4, 0.5) is 28.4 Å². The lowest BCUT2D eigenvalue weighted by molar-refractivity contribution is 0.597. The average Bonchev–Trinajstić information content (AvgIpc) is 3.38. The van der Waals surface area contributed by atoms with Crippen molar-refractivity contribution in [3.63, 3.8) is 0 Å². The molecule has 0 saturated carbocycles. The summed E-state index contributed by atoms with van der Waals surface area (Å²) in [5.74, 6) is 0. The lowest BCUT2D eigenvalue weighted by Crippen LogP contribution is -2.25. The van der Waals surface area contributed by atoms with Gasteiger partial charge in [0.15, 0.2) is 0 Å². The minimum Gasteiger partial charge on any atom is -0.311 e. The normalized spacial score (nSPS) is 15.5. The Morgan fingerprint density at radius 3 is 1.58 bits per heavy atom. The molecule has 0 bridgehead atoms. The Morgan fingerprint density at radius 2 is 0.908 bits per heavy atom. The van der Waals surface area contributed by atoms with Crippen LogP contribution in [0, 0.1) is 0 Å². The fourth-order valence-corrected chi connectivity index (χ4v) is 9.97. The van der Waals surface area contributed by atoms with E-state index in [0.29, 0.717) is 0 Å². The van der Waals surface area contributed by atoms with Crippen molar-refractivity contribution < 1.29 is 0 Å². The third-order valence-electron chi connectivity index (χ3n) is 13.4. The van der Waals surface area contributed by atoms with E-state index in [4.69, 9.17) is 0 Å². The number of aryl methyl sites for hydroxylation is 1. The van der Waals surface area contributed by atoms with Crippen molar-refractivity contribution in [2.24, 2.45) is 0 Å². The molecule has 2 aliphatic rings. The standard InChI is InChI=1S/C63H50N2/c1-63(44-42-56(43-45-63)65(52-22-6-3-7-23-52)55-38-32-49(33-39-55)60-28-15-19-47-17-9-11-25-58(47)60)62-29-13-12-26-61(62)50-34-40-54(41-35-50)64(51-20-4-2-5-21-51)53-36-30-48(31-37-53)59-27-14-18-46-16-8-10-24-57(46)59/h2-14,16-18,20-44H,15,19,45H2,1H3. The Hall–Kier alpha value is -7.94. The zero-order valence-corrected chi connectivity index (χ0v) is 36.7. The highest BCUT2D eigenvalue weighted by Gasteiger charge is 2.30. The molecule has 9 aromatic rings. The maximum Gasteiger partial charge on any atom is 0.0462 e. The van der Waals surface area contributed by atoms with Gasteiger partial charge in [-0.3, -0.25) is 0 Å². The largest absolute Gasteiger partial charge is 0.311 e. The third kappa shape index (κ3) is 7.79. The molecule has 65 heavy (non-hydrogen) atoms. The molecule has 2 aliphatic carbocycles. The number of hydrogen-bond donors (Lipinski definition) is 0. The maximum absolute atomic E-state index is 2.42. The van der Waals surface area contributed by atoms with Crippen LogP contribution in [0.3, 0.4) is 0 Å². The number of rotatable bonds is 10. The van der Waals surface area contributed by atoms with E-state index in [1.54, 1.807) is 0 Å². The van der Waals surface area contributed by atoms with Gasteiger partial charge in [-0.2, -0.15) is 0 Å². The molecule has 2 nitrogen and oxygen atoms in total. The van der Waals surface area contributed by atoms with Crippen LogP contribution in [-0.2, 0) is 11.8 Å². The van der Waals surface area contributed by atoms with Gasteiger partial charge in [0.05, 0.1) is 0 Å². The van der Waals surface area contributed by atoms with E-state index in [2.05, 4.69) is 265 Å². The van der Waals surface area contributed by atoms with Gasteiger partial charge in [-0.1, -0.05) is 189 Å². The van der Waals surface area contributed by atoms with Crippen molar-refractivity contribution in [3.05, 3.63) is 277 Å². The Bertz CT molecular complexity index is 3210. The molecule has 0 saturated heterocycles. The summed E-state index contributed by atoms with van der Waals surface area (Å²) in [4.78, 5) is 4.74. The third-order valence-corrected chi connectivity index (χ3v) is 13.4. The number of fused-ring (bicyclic) bond motifs is 2. The summed E-state index contributed by atoms with van der Waals surface area (Å²) in [5.41, 5.74) is 18.2. The topological polar surface area (TPSA) is 6.48 Å². The molecular weight excluding hydrogens is 785 g/mol. The molecule has 0 heterocycles. The number of nitrogens with zero attached hydrogens (tertiary/aromatic N) is 2. The second-order valence-electron chi connectivity index (χ2n) is 17.5. The van der Waals surface area contributed by atoms with Gasteiger partial charge in [0.1, 0.15) is 0 Å². The van der Waals surface area contributed by atoms with E-state index < -0.39 is 0 Å². The molecule has 0 aromatic heterocycles. The highest BCUT2D eigenvalue weighted by molar-refractivity contribution is 5.97. The molecule has 11 rings (SSSR count). The van der Waals surface area contributed by atoms with Crippen LogP contribution in [0.1, 0.15) is 42.0 Å². The quantitative estimate of drug-likeness (QED) is 0.135. The Morgan fingerprint density at radius 1 is 0.400 bits per heavy atom. The van der Waals surface area contributed by atoms with E-state index in [0.717, 1.165) is 47.7 Å². The summed E-state index contributed by atoms with van der Waals surface area (Å²) in [6.07, 6.45) is 12.6. The van der Waals surface area contributed by atoms with Gasteiger partial charge in [-0.15, -0.1) is 0 Å². The van der Waals surface area contributed by atoms with Crippen molar-refractivity contribution in [1.82, 2.24) is 0 Å². The zero-order valence-electron chi connectivity index (χ0n) is 36.7. The van der Waals surface area contributed by atoms with E-state index in [-0.39, 0.29) is 5.41 Å². The second kappa shape index (κ2) is 17.3. The van der Waals surface area contributed by atoms with Crippen LogP contribution in [0.5, 0.6) is 0 Å². The summed E-state index contributed by atoms with van der Waals surface area (Å²) >= 11 is 0. The molecule has 312 valence electrons. The SMILES string of the molecule is CC1(c2ccccc2-c2ccc(N(c3ccccc3)c3ccc(-c4cccc5ccccc45)cc3)cc2)C=CC(N(c2ccccc2)c2ccc(C3=CCCc4ccccc43)cc2)=CC1. The molecule has 1 atom stereocenters. The molecule has 0 N–H and O–H groups in total. The molecule has 0 radical (unpaired) electrons. The lowest BCUT2D eigenvalue weighted by atomic mass is 9.74. The molecular formula is C63H50N2. The first-order chi connectivity index (χ1) is 32.1. The molecule has 9 aromatic carbocycles. The van der Waals surface area contributed by atoms with E-state index in [1.807, 2.05) is 0 Å². The minimum atomic E-state index is -0.201. The number of benzene rings is 9. The van der Waals surface area contributed by atoms with Crippen molar-refractivity contribution >= 4 is 44.8 Å². The first kappa shape index (κ1) is 39.9. The van der Waals surface area contributed by atoms with Crippen LogP contribution in [0.2, 0.25) is 0 Å². The number of hydrogen-bond acceptors (Lipinski definition) is 2. The Kier molecular flexibility index (Phi) is 10.6. The number of para-hydroxylation sites is 2. The minimum absolute atomic E-state index is 0.201. The van der Waals surface area contributed by atoms with Gasteiger partial charge in [0, 0.05) is 39.5 Å². The fraction of sp³-hybridized carbons (Fsp3) is 0.0794. The van der Waals surface area contributed by atoms with Crippen molar-refractivity contribution in [2.75, 3.05) is 9.80 Å². The highest BCUT2D eigenvalue weighted by Crippen LogP contribution is 2.44. The van der Waals surface area contributed by atoms with Gasteiger partial charge >= 0.3 is 0 Å². The van der Waals surface area contributed by atoms with Crippen molar-refractivity contribution in [1.29, 1.82) is 0 Å². The zero-order chi connectivity index (χ0) is 43.6. The van der Waals surface area contributed by atoms with Gasteiger partial charge in [-0.25, -0.2) is 0 Å². The Balaban J connectivity index is 0.874. The van der Waals surface area contributed by atoms with E-state index in [9.17, 15) is 0 Å². The van der Waals surface area contributed by atoms with Crippen molar-refractivity contribution in [3.8, 4) is 22.3 Å². The number of allylic oxidation sites excluding steroid dienone is 4. The molecule has 1 unspecified atom stereocenters. The van der Waals surface area contributed by atoms with Gasteiger partial charge in [0.2, 0.25) is 0 Å². The lowest BCUT2D eigenvalue weighted by Gasteiger charge is -2.34. The van der Waals surface area contributed by atoms with E-state index >= 15 is 0 Å². The highest BCUT2D eigenvalue weighted by atomic mass is 15.1. The summed E-state index contributed by atoms with van der Waals surface area (Å²) in [6.45, 7) is 2.38.